The van der Waals surface area contributed by atoms with Gasteiger partial charge in [0.15, 0.2) is 0 Å². The zero-order valence-electron chi connectivity index (χ0n) is 27.2. The minimum atomic E-state index is -0.0617. The molecule has 0 saturated heterocycles. The molecule has 1 heterocycles. The van der Waals surface area contributed by atoms with Gasteiger partial charge in [-0.15, -0.1) is 62.0 Å². The summed E-state index contributed by atoms with van der Waals surface area (Å²) in [6.45, 7) is 5.71. The normalized spacial score (nSPS) is 9.87. The molecular weight excluding hydrogens is 680 g/mol. The second kappa shape index (κ2) is 37.8. The summed E-state index contributed by atoms with van der Waals surface area (Å²) in [7, 11) is 0. The van der Waals surface area contributed by atoms with Crippen LogP contribution in [0.1, 0.15) is 124 Å². The average molecular weight is 744 g/mol. The summed E-state index contributed by atoms with van der Waals surface area (Å²) in [5, 5.41) is 0. The molecule has 0 saturated carbocycles. The fourth-order valence-electron chi connectivity index (χ4n) is 4.82. The number of hydrogen-bond donors (Lipinski definition) is 4. The molecule has 45 heavy (non-hydrogen) atoms. The molecule has 0 aliphatic carbocycles. The first kappa shape index (κ1) is 53.9. The number of nitrogens with two attached hydrogens (primary N) is 4. The van der Waals surface area contributed by atoms with Gasteiger partial charge in [-0.25, -0.2) is 0 Å². The number of hydrogen-bond acceptors (Lipinski definition) is 7. The predicted octanol–water partition coefficient (Wildman–Crippen LogP) is 6.15. The van der Waals surface area contributed by atoms with Gasteiger partial charge in [0.1, 0.15) is 5.69 Å². The third kappa shape index (κ3) is 26.1. The Morgan fingerprint density at radius 1 is 0.467 bits per heavy atom. The quantitative estimate of drug-likeness (QED) is 0.0829. The van der Waals surface area contributed by atoms with Gasteiger partial charge in [-0.3, -0.25) is 14.6 Å². The summed E-state index contributed by atoms with van der Waals surface area (Å²) in [5.41, 5.74) is 23.4. The van der Waals surface area contributed by atoms with Crippen molar-refractivity contribution in [1.82, 2.24) is 14.8 Å². The highest BCUT2D eigenvalue weighted by molar-refractivity contribution is 5.96. The molecule has 1 rings (SSSR count). The van der Waals surface area contributed by atoms with Crippen molar-refractivity contribution in [2.24, 2.45) is 22.9 Å². The maximum atomic E-state index is 13.4. The topological polar surface area (TPSA) is 158 Å². The molecule has 2 amide bonds. The van der Waals surface area contributed by atoms with E-state index in [1.807, 2.05) is 9.80 Å². The van der Waals surface area contributed by atoms with E-state index >= 15 is 0 Å². The van der Waals surface area contributed by atoms with Gasteiger partial charge in [-0.2, -0.15) is 0 Å². The second-order valence-corrected chi connectivity index (χ2v) is 10.8. The Balaban J connectivity index is -0.00000107. The van der Waals surface area contributed by atoms with Crippen molar-refractivity contribution in [2.75, 3.05) is 52.4 Å². The van der Waals surface area contributed by atoms with E-state index in [0.717, 1.165) is 116 Å². The molecule has 0 bridgehead atoms. The van der Waals surface area contributed by atoms with Crippen molar-refractivity contribution in [3.8, 4) is 0 Å². The Hall–Kier alpha value is -0.620. The number of nitrogens with zero attached hydrogens (tertiary/aromatic N) is 3. The van der Waals surface area contributed by atoms with Gasteiger partial charge in [-0.05, 0) is 89.7 Å². The SMILES string of the molecule is Cl.Cl.Cl.Cl.Cl.NCCCCCCN(CCCCCCN)C(=O)c1ccc(C(=O)N(CCCCCCN)CCCCCCN)nc1. The highest BCUT2D eigenvalue weighted by Crippen LogP contribution is 2.13. The van der Waals surface area contributed by atoms with E-state index in [2.05, 4.69) is 4.98 Å². The number of carbonyl (C=O) groups is 2. The summed E-state index contributed by atoms with van der Waals surface area (Å²) in [4.78, 5) is 35.1. The largest absolute Gasteiger partial charge is 0.339 e. The van der Waals surface area contributed by atoms with Gasteiger partial charge in [-0.1, -0.05) is 51.4 Å². The zero-order chi connectivity index (χ0) is 29.3. The van der Waals surface area contributed by atoms with Gasteiger partial charge in [0.25, 0.3) is 11.8 Å². The van der Waals surface area contributed by atoms with E-state index in [-0.39, 0.29) is 73.8 Å². The van der Waals surface area contributed by atoms with Crippen molar-refractivity contribution in [2.45, 2.75) is 103 Å². The number of aromatic nitrogens is 1. The molecule has 0 atom stereocenters. The van der Waals surface area contributed by atoms with Crippen molar-refractivity contribution in [1.29, 1.82) is 0 Å². The van der Waals surface area contributed by atoms with E-state index in [1.165, 1.54) is 0 Å². The Labute approximate surface area is 304 Å². The van der Waals surface area contributed by atoms with Crippen molar-refractivity contribution in [3.05, 3.63) is 29.6 Å². The second-order valence-electron chi connectivity index (χ2n) is 10.8. The first-order valence-corrected chi connectivity index (χ1v) is 15.9. The van der Waals surface area contributed by atoms with Crippen LogP contribution < -0.4 is 22.9 Å². The molecule has 0 radical (unpaired) electrons. The van der Waals surface area contributed by atoms with Crippen LogP contribution in [0, 0.1) is 0 Å². The van der Waals surface area contributed by atoms with Crippen LogP contribution in [0.4, 0.5) is 0 Å². The number of unbranched alkanes of at least 4 members (excludes halogenated alkanes) is 12. The Kier molecular flexibility index (Phi) is 45.3. The standard InChI is InChI=1S/C31H59N7O2.5ClH/c32-19-9-1-5-13-23-37(24-14-6-2-10-20-33)30(39)28-17-18-29(36-27-28)31(40)38(25-15-7-3-11-21-34)26-16-8-4-12-22-35;;;;;/h17-18,27H,1-16,19-26,32-35H2;5*1H. The van der Waals surface area contributed by atoms with E-state index in [1.54, 1.807) is 18.3 Å². The highest BCUT2D eigenvalue weighted by atomic mass is 35.5. The van der Waals surface area contributed by atoms with E-state index in [4.69, 9.17) is 22.9 Å². The molecule has 1 aromatic rings. The van der Waals surface area contributed by atoms with Crippen molar-refractivity contribution < 1.29 is 9.59 Å². The van der Waals surface area contributed by atoms with Crippen molar-refractivity contribution in [3.63, 3.8) is 0 Å². The summed E-state index contributed by atoms with van der Waals surface area (Å²) < 4.78 is 0. The van der Waals surface area contributed by atoms with E-state index in [9.17, 15) is 9.59 Å². The molecule has 9 nitrogen and oxygen atoms in total. The molecule has 270 valence electrons. The first-order chi connectivity index (χ1) is 19.6. The van der Waals surface area contributed by atoms with Crippen LogP contribution in [-0.4, -0.2) is 79.0 Å². The monoisotopic (exact) mass is 741 g/mol. The molecule has 0 fully saturated rings. The van der Waals surface area contributed by atoms with Crippen LogP contribution in [0.3, 0.4) is 0 Å². The minimum absolute atomic E-state index is 0. The zero-order valence-corrected chi connectivity index (χ0v) is 31.3. The summed E-state index contributed by atoms with van der Waals surface area (Å²) in [6.07, 6.45) is 18.1. The molecule has 0 unspecified atom stereocenters. The fraction of sp³-hybridized carbons (Fsp3) is 0.774. The third-order valence-corrected chi connectivity index (χ3v) is 7.33. The highest BCUT2D eigenvalue weighted by Gasteiger charge is 2.19. The van der Waals surface area contributed by atoms with E-state index < -0.39 is 0 Å². The molecular formula is C31H64Cl5N7O2. The molecule has 1 aromatic heterocycles. The average Bonchev–Trinajstić information content (AvgIpc) is 2.98. The molecule has 0 aliphatic heterocycles. The number of rotatable bonds is 26. The van der Waals surface area contributed by atoms with Gasteiger partial charge in [0, 0.05) is 32.4 Å². The smallest absolute Gasteiger partial charge is 0.272 e. The van der Waals surface area contributed by atoms with Crippen LogP contribution >= 0.6 is 62.0 Å². The van der Waals surface area contributed by atoms with Crippen LogP contribution in [0.15, 0.2) is 18.3 Å². The molecule has 8 N–H and O–H groups in total. The van der Waals surface area contributed by atoms with Crippen LogP contribution in [0.2, 0.25) is 0 Å². The lowest BCUT2D eigenvalue weighted by atomic mass is 10.1. The molecule has 0 spiro atoms. The lowest BCUT2D eigenvalue weighted by molar-refractivity contribution is 0.0732. The first-order valence-electron chi connectivity index (χ1n) is 15.9. The maximum Gasteiger partial charge on any atom is 0.272 e. The summed E-state index contributed by atoms with van der Waals surface area (Å²) >= 11 is 0. The third-order valence-electron chi connectivity index (χ3n) is 7.33. The van der Waals surface area contributed by atoms with E-state index in [0.29, 0.717) is 50.5 Å². The Morgan fingerprint density at radius 2 is 0.778 bits per heavy atom. The number of pyridine rings is 1. The molecule has 14 heteroatoms. The van der Waals surface area contributed by atoms with Crippen LogP contribution in [-0.2, 0) is 0 Å². The van der Waals surface area contributed by atoms with Gasteiger partial charge in [0.2, 0.25) is 0 Å². The number of amides is 2. The molecule has 0 aromatic carbocycles. The Morgan fingerprint density at radius 3 is 1.07 bits per heavy atom. The number of halogens is 5. The lowest BCUT2D eigenvalue weighted by Crippen LogP contribution is -2.34. The van der Waals surface area contributed by atoms with Crippen LogP contribution in [0.5, 0.6) is 0 Å². The summed E-state index contributed by atoms with van der Waals surface area (Å²) in [6, 6.07) is 3.48. The summed E-state index contributed by atoms with van der Waals surface area (Å²) in [5.74, 6) is -0.0749. The van der Waals surface area contributed by atoms with Crippen molar-refractivity contribution >= 4 is 73.8 Å². The predicted molar refractivity (Wildman–Crippen MR) is 202 cm³/mol. The van der Waals surface area contributed by atoms with Gasteiger partial charge >= 0.3 is 0 Å². The molecule has 0 aliphatic rings. The van der Waals surface area contributed by atoms with Gasteiger partial charge < -0.3 is 32.7 Å². The Bertz CT molecular complexity index is 692. The fourth-order valence-corrected chi connectivity index (χ4v) is 4.82. The number of carbonyl (C=O) groups excluding carboxylic acids is 2. The van der Waals surface area contributed by atoms with Gasteiger partial charge in [0.05, 0.1) is 5.56 Å². The minimum Gasteiger partial charge on any atom is -0.339 e. The van der Waals surface area contributed by atoms with Crippen LogP contribution in [0.25, 0.3) is 0 Å². The lowest BCUT2D eigenvalue weighted by Gasteiger charge is -2.24. The maximum absolute atomic E-state index is 13.4.